The molecule has 0 aliphatic rings. The van der Waals surface area contributed by atoms with Gasteiger partial charge in [-0.1, -0.05) is 35.9 Å². The van der Waals surface area contributed by atoms with Gasteiger partial charge in [-0.2, -0.15) is 0 Å². The van der Waals surface area contributed by atoms with E-state index in [1.165, 1.54) is 4.31 Å². The van der Waals surface area contributed by atoms with Crippen molar-refractivity contribution < 1.29 is 17.9 Å². The number of sulfonamides is 1. The smallest absolute Gasteiger partial charge is 0.232 e. The second kappa shape index (κ2) is 10.3. The second-order valence-corrected chi connectivity index (χ2v) is 8.65. The molecule has 28 heavy (non-hydrogen) atoms. The highest BCUT2D eigenvalue weighted by molar-refractivity contribution is 7.92. The minimum atomic E-state index is -3.48. The van der Waals surface area contributed by atoms with E-state index in [9.17, 15) is 13.2 Å². The summed E-state index contributed by atoms with van der Waals surface area (Å²) < 4.78 is 31.2. The highest BCUT2D eigenvalue weighted by Gasteiger charge is 2.20. The first-order valence-corrected chi connectivity index (χ1v) is 11.2. The van der Waals surface area contributed by atoms with E-state index in [4.69, 9.17) is 16.3 Å². The number of hydrogen-bond donors (Lipinski definition) is 1. The number of amides is 1. The molecule has 1 amide bonds. The van der Waals surface area contributed by atoms with Crippen molar-refractivity contribution in [1.29, 1.82) is 0 Å². The first kappa shape index (κ1) is 22.0. The second-order valence-electron chi connectivity index (χ2n) is 6.33. The lowest BCUT2D eigenvalue weighted by Gasteiger charge is -2.24. The molecule has 0 unspecified atom stereocenters. The van der Waals surface area contributed by atoms with Gasteiger partial charge in [0.05, 0.1) is 18.5 Å². The number of nitrogens with zero attached hydrogens (tertiary/aromatic N) is 1. The monoisotopic (exact) mass is 424 g/mol. The molecule has 0 aliphatic carbocycles. The average Bonchev–Trinajstić information content (AvgIpc) is 2.65. The molecule has 2 aromatic rings. The highest BCUT2D eigenvalue weighted by Crippen LogP contribution is 2.28. The number of carbonyl (C=O) groups is 1. The summed E-state index contributed by atoms with van der Waals surface area (Å²) in [6, 6.07) is 14.5. The van der Waals surface area contributed by atoms with Crippen LogP contribution < -0.4 is 14.4 Å². The third-order valence-corrected chi connectivity index (χ3v) is 5.70. The van der Waals surface area contributed by atoms with E-state index in [0.29, 0.717) is 35.8 Å². The Kier molecular flexibility index (Phi) is 8.14. The van der Waals surface area contributed by atoms with Crippen LogP contribution in [-0.2, 0) is 14.8 Å². The van der Waals surface area contributed by atoms with Gasteiger partial charge in [0.1, 0.15) is 12.4 Å². The van der Waals surface area contributed by atoms with Gasteiger partial charge in [0.15, 0.2) is 0 Å². The van der Waals surface area contributed by atoms with Crippen molar-refractivity contribution in [2.24, 2.45) is 0 Å². The number of ether oxygens (including phenoxy) is 1. The van der Waals surface area contributed by atoms with E-state index < -0.39 is 10.0 Å². The zero-order valence-corrected chi connectivity index (χ0v) is 17.6. The summed E-state index contributed by atoms with van der Waals surface area (Å²) in [7, 11) is -3.48. The fourth-order valence-electron chi connectivity index (χ4n) is 2.68. The molecule has 0 fully saturated rings. The first-order valence-electron chi connectivity index (χ1n) is 8.96. The van der Waals surface area contributed by atoms with Gasteiger partial charge < -0.3 is 10.1 Å². The predicted molar refractivity (Wildman–Crippen MR) is 113 cm³/mol. The van der Waals surface area contributed by atoms with Crippen LogP contribution in [0.3, 0.4) is 0 Å². The Bertz CT molecular complexity index is 888. The maximum atomic E-state index is 12.2. The van der Waals surface area contributed by atoms with Crippen LogP contribution in [0, 0.1) is 6.92 Å². The van der Waals surface area contributed by atoms with Crippen LogP contribution in [0.4, 0.5) is 5.69 Å². The molecule has 0 radical (unpaired) electrons. The largest absolute Gasteiger partial charge is 0.492 e. The molecule has 152 valence electrons. The van der Waals surface area contributed by atoms with Crippen molar-refractivity contribution in [1.82, 2.24) is 5.32 Å². The van der Waals surface area contributed by atoms with Gasteiger partial charge in [0.25, 0.3) is 0 Å². The number of hydrogen-bond acceptors (Lipinski definition) is 4. The molecule has 6 nitrogen and oxygen atoms in total. The van der Waals surface area contributed by atoms with Crippen LogP contribution >= 0.6 is 11.6 Å². The van der Waals surface area contributed by atoms with E-state index in [1.54, 1.807) is 25.1 Å². The summed E-state index contributed by atoms with van der Waals surface area (Å²) in [5.74, 6) is 0.602. The quantitative estimate of drug-likeness (QED) is 0.593. The van der Waals surface area contributed by atoms with Crippen LogP contribution in [-0.4, -0.2) is 40.3 Å². The standard InChI is InChI=1S/C20H25ClN2O4S/c1-16-18(21)10-6-11-19(16)23(28(2,25)26)14-7-12-20(24)22-13-15-27-17-8-4-3-5-9-17/h3-6,8-11H,7,12-15H2,1-2H3,(H,22,24). The van der Waals surface area contributed by atoms with E-state index in [2.05, 4.69) is 5.32 Å². The van der Waals surface area contributed by atoms with E-state index in [1.807, 2.05) is 30.3 Å². The molecule has 0 bridgehead atoms. The van der Waals surface area contributed by atoms with E-state index in [0.717, 1.165) is 12.0 Å². The summed E-state index contributed by atoms with van der Waals surface area (Å²) in [4.78, 5) is 12.0. The van der Waals surface area contributed by atoms with Gasteiger partial charge in [-0.05, 0) is 43.2 Å². The van der Waals surface area contributed by atoms with Gasteiger partial charge in [-0.25, -0.2) is 8.42 Å². The van der Waals surface area contributed by atoms with E-state index >= 15 is 0 Å². The normalized spacial score (nSPS) is 11.1. The molecule has 1 N–H and O–H groups in total. The van der Waals surface area contributed by atoms with Gasteiger partial charge in [0, 0.05) is 18.0 Å². The summed E-state index contributed by atoms with van der Waals surface area (Å²) in [6.45, 7) is 2.73. The first-order chi connectivity index (χ1) is 13.3. The summed E-state index contributed by atoms with van der Waals surface area (Å²) >= 11 is 6.11. The van der Waals surface area contributed by atoms with Crippen molar-refractivity contribution in [3.63, 3.8) is 0 Å². The van der Waals surface area contributed by atoms with E-state index in [-0.39, 0.29) is 18.9 Å². The Balaban J connectivity index is 1.80. The fourth-order valence-corrected chi connectivity index (χ4v) is 3.86. The minimum Gasteiger partial charge on any atom is -0.492 e. The Morgan fingerprint density at radius 1 is 1.14 bits per heavy atom. The Hall–Kier alpha value is -2.25. The molecule has 0 spiro atoms. The molecule has 2 rings (SSSR count). The zero-order chi connectivity index (χ0) is 20.6. The van der Waals surface area contributed by atoms with Gasteiger partial charge in [-0.3, -0.25) is 9.10 Å². The number of rotatable bonds is 10. The van der Waals surface area contributed by atoms with Gasteiger partial charge in [-0.15, -0.1) is 0 Å². The lowest BCUT2D eigenvalue weighted by molar-refractivity contribution is -0.121. The summed E-state index contributed by atoms with van der Waals surface area (Å²) in [5, 5.41) is 3.27. The topological polar surface area (TPSA) is 75.7 Å². The molecular weight excluding hydrogens is 400 g/mol. The van der Waals surface area contributed by atoms with Gasteiger partial charge in [0.2, 0.25) is 15.9 Å². The third-order valence-electron chi connectivity index (χ3n) is 4.11. The average molecular weight is 425 g/mol. The fraction of sp³-hybridized carbons (Fsp3) is 0.350. The molecule has 0 heterocycles. The molecule has 0 aliphatic heterocycles. The Morgan fingerprint density at radius 3 is 2.54 bits per heavy atom. The number of benzene rings is 2. The number of halogens is 1. The van der Waals surface area contributed by atoms with Crippen LogP contribution in [0.1, 0.15) is 18.4 Å². The SMILES string of the molecule is Cc1c(Cl)cccc1N(CCCC(=O)NCCOc1ccccc1)S(C)(=O)=O. The molecule has 0 saturated carbocycles. The van der Waals surface area contributed by atoms with Crippen molar-refractivity contribution >= 4 is 33.2 Å². The molecule has 0 atom stereocenters. The third kappa shape index (κ3) is 6.73. The number of anilines is 1. The lowest BCUT2D eigenvalue weighted by atomic mass is 10.2. The summed E-state index contributed by atoms with van der Waals surface area (Å²) in [5.41, 5.74) is 1.23. The van der Waals surface area contributed by atoms with Crippen molar-refractivity contribution in [2.45, 2.75) is 19.8 Å². The summed E-state index contributed by atoms with van der Waals surface area (Å²) in [6.07, 6.45) is 1.76. The maximum absolute atomic E-state index is 12.2. The Labute approximate surface area is 171 Å². The molecule has 2 aromatic carbocycles. The lowest BCUT2D eigenvalue weighted by Crippen LogP contribution is -2.33. The molecular formula is C20H25ClN2O4S. The van der Waals surface area contributed by atoms with Crippen molar-refractivity contribution in [2.75, 3.05) is 30.3 Å². The van der Waals surface area contributed by atoms with Crippen LogP contribution in [0.15, 0.2) is 48.5 Å². The van der Waals surface area contributed by atoms with Crippen LogP contribution in [0.25, 0.3) is 0 Å². The highest BCUT2D eigenvalue weighted by atomic mass is 35.5. The van der Waals surface area contributed by atoms with Gasteiger partial charge >= 0.3 is 0 Å². The van der Waals surface area contributed by atoms with Crippen molar-refractivity contribution in [3.8, 4) is 5.75 Å². The predicted octanol–water partition coefficient (Wildman–Crippen LogP) is 3.39. The van der Waals surface area contributed by atoms with Crippen LogP contribution in [0.5, 0.6) is 5.75 Å². The molecule has 8 heteroatoms. The minimum absolute atomic E-state index is 0.145. The maximum Gasteiger partial charge on any atom is 0.232 e. The number of carbonyl (C=O) groups excluding carboxylic acids is 1. The molecule has 0 aromatic heterocycles. The Morgan fingerprint density at radius 2 is 1.86 bits per heavy atom. The molecule has 0 saturated heterocycles. The number of para-hydroxylation sites is 1. The zero-order valence-electron chi connectivity index (χ0n) is 16.0. The number of nitrogens with one attached hydrogen (secondary N) is 1. The van der Waals surface area contributed by atoms with Crippen molar-refractivity contribution in [3.05, 3.63) is 59.1 Å². The van der Waals surface area contributed by atoms with Crippen LogP contribution in [0.2, 0.25) is 5.02 Å².